The molecule has 0 fully saturated rings. The maximum Gasteiger partial charge on any atom is 0.170 e. The second-order valence-electron chi connectivity index (χ2n) is 5.40. The van der Waals surface area contributed by atoms with Crippen LogP contribution in [0.5, 0.6) is 0 Å². The molecule has 0 aromatic heterocycles. The molecule has 2 aromatic rings. The van der Waals surface area contributed by atoms with Crippen molar-refractivity contribution in [3.8, 4) is 0 Å². The zero-order chi connectivity index (χ0) is 15.9. The Hall–Kier alpha value is -2.07. The molecule has 0 spiro atoms. The van der Waals surface area contributed by atoms with Crippen molar-refractivity contribution in [1.29, 1.82) is 0 Å². The highest BCUT2D eigenvalue weighted by atomic mass is 32.2. The van der Waals surface area contributed by atoms with Gasteiger partial charge in [-0.3, -0.25) is 9.00 Å². The van der Waals surface area contributed by atoms with E-state index in [1.165, 1.54) is 12.1 Å². The Bertz CT molecular complexity index is 806. The second kappa shape index (κ2) is 5.61. The van der Waals surface area contributed by atoms with E-state index >= 15 is 0 Å². The fourth-order valence-corrected chi connectivity index (χ4v) is 3.24. The van der Waals surface area contributed by atoms with Gasteiger partial charge in [0.15, 0.2) is 5.78 Å². The predicted octanol–water partition coefficient (Wildman–Crippen LogP) is 3.94. The largest absolute Gasteiger partial charge is 0.293 e. The van der Waals surface area contributed by atoms with E-state index in [-0.39, 0.29) is 11.7 Å². The molecule has 0 saturated heterocycles. The molecule has 0 saturated carbocycles. The molecule has 0 N–H and O–H groups in total. The third-order valence-corrected chi connectivity index (χ3v) is 4.89. The number of Topliss-reactive ketones (excluding diaryl/α,β-unsaturated/α-hetero) is 1. The minimum Gasteiger partial charge on any atom is -0.293 e. The number of hydrogen-bond donors (Lipinski definition) is 0. The van der Waals surface area contributed by atoms with Crippen LogP contribution in [0.3, 0.4) is 0 Å². The Morgan fingerprint density at radius 1 is 1.09 bits per heavy atom. The zero-order valence-electron chi connectivity index (χ0n) is 12.3. The fourth-order valence-electron chi connectivity index (χ4n) is 2.72. The quantitative estimate of drug-likeness (QED) is 0.841. The lowest BCUT2D eigenvalue weighted by Crippen LogP contribution is -2.03. The number of benzene rings is 2. The summed E-state index contributed by atoms with van der Waals surface area (Å²) in [5.74, 6) is -0.723. The topological polar surface area (TPSA) is 34.1 Å². The molecule has 2 unspecified atom stereocenters. The lowest BCUT2D eigenvalue weighted by molar-refractivity contribution is 0.0965. The first-order chi connectivity index (χ1) is 10.5. The summed E-state index contributed by atoms with van der Waals surface area (Å²) in [5.41, 5.74) is 3.07. The lowest BCUT2D eigenvalue weighted by atomic mass is 9.98. The Balaban J connectivity index is 2.05. The molecule has 1 aliphatic carbocycles. The zero-order valence-corrected chi connectivity index (χ0v) is 13.1. The smallest absolute Gasteiger partial charge is 0.170 e. The number of halogens is 1. The van der Waals surface area contributed by atoms with Crippen LogP contribution in [0.25, 0.3) is 11.6 Å². The van der Waals surface area contributed by atoms with E-state index in [1.54, 1.807) is 12.3 Å². The number of fused-ring (bicyclic) bond motifs is 1. The highest BCUT2D eigenvalue weighted by molar-refractivity contribution is 7.84. The summed E-state index contributed by atoms with van der Waals surface area (Å²) in [6, 6.07) is 11.7. The van der Waals surface area contributed by atoms with E-state index in [2.05, 4.69) is 0 Å². The van der Waals surface area contributed by atoms with Crippen molar-refractivity contribution in [1.82, 2.24) is 0 Å². The first kappa shape index (κ1) is 14.9. The Kier molecular flexibility index (Phi) is 3.79. The van der Waals surface area contributed by atoms with Gasteiger partial charge in [-0.25, -0.2) is 4.39 Å². The number of allylic oxidation sites excluding steroid dienone is 1. The molecule has 0 radical (unpaired) electrons. The minimum absolute atomic E-state index is 0.0490. The van der Waals surface area contributed by atoms with Gasteiger partial charge < -0.3 is 0 Å². The summed E-state index contributed by atoms with van der Waals surface area (Å²) in [6.07, 6.45) is 3.57. The molecule has 0 aliphatic heterocycles. The van der Waals surface area contributed by atoms with Gasteiger partial charge in [-0.1, -0.05) is 31.2 Å². The second-order valence-corrected chi connectivity index (χ2v) is 6.78. The standard InChI is InChI=1S/C18H15FO2S/c1-11-16(9-12-3-6-14(7-4-12)22(2)21)15-8-5-13(19)10-17(15)18(11)20/h3-11H,1-2H3. The summed E-state index contributed by atoms with van der Waals surface area (Å²) < 4.78 is 24.7. The summed E-state index contributed by atoms with van der Waals surface area (Å²) in [6.45, 7) is 1.83. The number of hydrogen-bond acceptors (Lipinski definition) is 2. The van der Waals surface area contributed by atoms with E-state index in [4.69, 9.17) is 0 Å². The number of rotatable bonds is 2. The molecular formula is C18H15FO2S. The fraction of sp³-hybridized carbons (Fsp3) is 0.167. The molecule has 1 aliphatic rings. The summed E-state index contributed by atoms with van der Waals surface area (Å²) in [5, 5.41) is 0. The molecule has 112 valence electrons. The molecule has 2 atom stereocenters. The van der Waals surface area contributed by atoms with E-state index in [0.29, 0.717) is 5.56 Å². The van der Waals surface area contributed by atoms with Crippen LogP contribution in [0.15, 0.2) is 47.4 Å². The van der Waals surface area contributed by atoms with Gasteiger partial charge in [-0.05, 0) is 41.0 Å². The lowest BCUT2D eigenvalue weighted by Gasteiger charge is -2.05. The molecule has 22 heavy (non-hydrogen) atoms. The van der Waals surface area contributed by atoms with Crippen LogP contribution in [0, 0.1) is 11.7 Å². The number of carbonyl (C=O) groups excluding carboxylic acids is 1. The van der Waals surface area contributed by atoms with Gasteiger partial charge in [-0.2, -0.15) is 0 Å². The van der Waals surface area contributed by atoms with Crippen LogP contribution in [0.4, 0.5) is 4.39 Å². The summed E-state index contributed by atoms with van der Waals surface area (Å²) in [4.78, 5) is 13.0. The van der Waals surface area contributed by atoms with E-state index in [1.807, 2.05) is 37.3 Å². The number of carbonyl (C=O) groups is 1. The van der Waals surface area contributed by atoms with Crippen molar-refractivity contribution in [3.05, 3.63) is 65.0 Å². The van der Waals surface area contributed by atoms with Crippen molar-refractivity contribution in [2.45, 2.75) is 11.8 Å². The third-order valence-electron chi connectivity index (χ3n) is 3.95. The normalized spacial score (nSPS) is 20.2. The minimum atomic E-state index is -1.01. The van der Waals surface area contributed by atoms with Crippen LogP contribution >= 0.6 is 0 Å². The summed E-state index contributed by atoms with van der Waals surface area (Å²) in [7, 11) is -1.01. The highest BCUT2D eigenvalue weighted by Gasteiger charge is 2.31. The van der Waals surface area contributed by atoms with E-state index in [0.717, 1.165) is 21.6 Å². The van der Waals surface area contributed by atoms with Crippen LogP contribution in [-0.2, 0) is 10.8 Å². The van der Waals surface area contributed by atoms with E-state index < -0.39 is 16.6 Å². The van der Waals surface area contributed by atoms with Gasteiger partial charge in [0, 0.05) is 33.4 Å². The van der Waals surface area contributed by atoms with Gasteiger partial charge in [0.25, 0.3) is 0 Å². The molecule has 2 aromatic carbocycles. The molecule has 2 nitrogen and oxygen atoms in total. The molecule has 0 heterocycles. The Morgan fingerprint density at radius 3 is 2.41 bits per heavy atom. The van der Waals surface area contributed by atoms with Gasteiger partial charge in [0.2, 0.25) is 0 Å². The average Bonchev–Trinajstić information content (AvgIpc) is 2.73. The van der Waals surface area contributed by atoms with Gasteiger partial charge in [0.1, 0.15) is 5.82 Å². The predicted molar refractivity (Wildman–Crippen MR) is 86.5 cm³/mol. The van der Waals surface area contributed by atoms with Crippen LogP contribution in [0.2, 0.25) is 0 Å². The van der Waals surface area contributed by atoms with Crippen LogP contribution < -0.4 is 0 Å². The van der Waals surface area contributed by atoms with Crippen molar-refractivity contribution < 1.29 is 13.4 Å². The molecular weight excluding hydrogens is 299 g/mol. The van der Waals surface area contributed by atoms with Gasteiger partial charge in [-0.15, -0.1) is 0 Å². The van der Waals surface area contributed by atoms with Gasteiger partial charge >= 0.3 is 0 Å². The summed E-state index contributed by atoms with van der Waals surface area (Å²) >= 11 is 0. The SMILES string of the molecule is CC1C(=O)c2cc(F)ccc2C1=Cc1ccc(S(C)=O)cc1. The van der Waals surface area contributed by atoms with Crippen molar-refractivity contribution in [2.24, 2.45) is 5.92 Å². The third kappa shape index (κ3) is 2.55. The Labute approximate surface area is 131 Å². The number of ketones is 1. The van der Waals surface area contributed by atoms with Crippen molar-refractivity contribution in [2.75, 3.05) is 6.26 Å². The van der Waals surface area contributed by atoms with Crippen LogP contribution in [-0.4, -0.2) is 16.2 Å². The van der Waals surface area contributed by atoms with Gasteiger partial charge in [0.05, 0.1) is 0 Å². The average molecular weight is 314 g/mol. The van der Waals surface area contributed by atoms with E-state index in [9.17, 15) is 13.4 Å². The highest BCUT2D eigenvalue weighted by Crippen LogP contribution is 2.38. The molecule has 3 rings (SSSR count). The Morgan fingerprint density at radius 2 is 1.77 bits per heavy atom. The maximum absolute atomic E-state index is 13.3. The molecule has 0 bridgehead atoms. The molecule has 4 heteroatoms. The van der Waals surface area contributed by atoms with Crippen molar-refractivity contribution in [3.63, 3.8) is 0 Å². The molecule has 0 amide bonds. The monoisotopic (exact) mass is 314 g/mol. The first-order valence-corrected chi connectivity index (χ1v) is 8.52. The van der Waals surface area contributed by atoms with Crippen molar-refractivity contribution >= 4 is 28.2 Å². The first-order valence-electron chi connectivity index (χ1n) is 6.96. The maximum atomic E-state index is 13.3. The van der Waals surface area contributed by atoms with Crippen LogP contribution in [0.1, 0.15) is 28.4 Å².